The van der Waals surface area contributed by atoms with Crippen molar-refractivity contribution in [3.63, 3.8) is 0 Å². The molecule has 3 aliphatic rings. The lowest BCUT2D eigenvalue weighted by Crippen LogP contribution is -2.53. The molecule has 0 aromatic carbocycles. The molecule has 2 N–H and O–H groups in total. The predicted molar refractivity (Wildman–Crippen MR) is 112 cm³/mol. The summed E-state index contributed by atoms with van der Waals surface area (Å²) in [6, 6.07) is 4.50. The lowest BCUT2D eigenvalue weighted by atomic mass is 9.82. The quantitative estimate of drug-likeness (QED) is 0.782. The Morgan fingerprint density at radius 2 is 2.00 bits per heavy atom. The van der Waals surface area contributed by atoms with Gasteiger partial charge in [0.15, 0.2) is 0 Å². The number of carbonyl (C=O) groups is 1. The molecule has 1 aromatic rings. The molecule has 0 saturated carbocycles. The fourth-order valence-electron chi connectivity index (χ4n) is 5.18. The van der Waals surface area contributed by atoms with Crippen molar-refractivity contribution in [3.05, 3.63) is 18.3 Å². The van der Waals surface area contributed by atoms with Crippen molar-refractivity contribution in [1.82, 2.24) is 15.2 Å². The van der Waals surface area contributed by atoms with E-state index in [1.807, 2.05) is 12.3 Å². The number of piperazine rings is 1. The van der Waals surface area contributed by atoms with Crippen LogP contribution in [-0.4, -0.2) is 71.4 Å². The van der Waals surface area contributed by atoms with E-state index in [9.17, 15) is 9.90 Å². The molecule has 7 heteroatoms. The van der Waals surface area contributed by atoms with Crippen LogP contribution in [0.3, 0.4) is 0 Å². The molecular weight excluding hydrogens is 368 g/mol. The first-order valence-electron chi connectivity index (χ1n) is 10.9. The first-order valence-corrected chi connectivity index (χ1v) is 10.9. The fraction of sp³-hybridized carbons (Fsp3) is 0.727. The number of fused-ring (bicyclic) bond motifs is 2. The second-order valence-corrected chi connectivity index (χ2v) is 9.72. The highest BCUT2D eigenvalue weighted by Crippen LogP contribution is 2.36. The number of aromatic nitrogens is 1. The molecule has 3 saturated heterocycles. The Labute approximate surface area is 173 Å². The number of carboxylic acid groups (broad SMARTS) is 1. The highest BCUT2D eigenvalue weighted by Gasteiger charge is 2.45. The lowest BCUT2D eigenvalue weighted by Gasteiger charge is -2.42. The lowest BCUT2D eigenvalue weighted by molar-refractivity contribution is -0.146. The number of aliphatic carboxylic acids is 1. The molecule has 4 unspecified atom stereocenters. The van der Waals surface area contributed by atoms with Crippen LogP contribution >= 0.6 is 0 Å². The SMILES string of the molecule is CC(C)(C)N1CCN(c2ccc(OCC3CC4CCC(N4)C3C(=O)O)nc2)CC1. The topological polar surface area (TPSA) is 77.9 Å². The number of pyridine rings is 1. The number of hydrogen-bond acceptors (Lipinski definition) is 6. The summed E-state index contributed by atoms with van der Waals surface area (Å²) < 4.78 is 5.93. The zero-order chi connectivity index (χ0) is 20.6. The minimum Gasteiger partial charge on any atom is -0.481 e. The number of piperidine rings is 1. The standard InChI is InChI=1S/C22H34N4O3/c1-22(2,3)26-10-8-25(9-11-26)17-5-7-19(23-13-17)29-14-15-12-16-4-6-18(24-16)20(15)21(27)28/h5,7,13,15-16,18,20,24H,4,6,8-12,14H2,1-3H3,(H,27,28). The van der Waals surface area contributed by atoms with Crippen LogP contribution in [0.2, 0.25) is 0 Å². The van der Waals surface area contributed by atoms with Gasteiger partial charge in [0.25, 0.3) is 0 Å². The molecule has 3 aliphatic heterocycles. The van der Waals surface area contributed by atoms with Crippen molar-refractivity contribution < 1.29 is 14.6 Å². The third kappa shape index (κ3) is 4.51. The maximum atomic E-state index is 11.7. The van der Waals surface area contributed by atoms with E-state index >= 15 is 0 Å². The van der Waals surface area contributed by atoms with Gasteiger partial charge in [-0.25, -0.2) is 4.98 Å². The predicted octanol–water partition coefficient (Wildman–Crippen LogP) is 2.22. The van der Waals surface area contributed by atoms with Gasteiger partial charge in [0.2, 0.25) is 5.88 Å². The largest absolute Gasteiger partial charge is 0.481 e. The minimum atomic E-state index is -0.714. The van der Waals surface area contributed by atoms with E-state index in [1.54, 1.807) is 0 Å². The summed E-state index contributed by atoms with van der Waals surface area (Å²) in [6.45, 7) is 11.3. The Kier molecular flexibility index (Phi) is 5.71. The van der Waals surface area contributed by atoms with Gasteiger partial charge in [-0.05, 0) is 46.1 Å². The van der Waals surface area contributed by atoms with Gasteiger partial charge < -0.3 is 20.1 Å². The fourth-order valence-corrected chi connectivity index (χ4v) is 5.18. The van der Waals surface area contributed by atoms with Crippen LogP contribution in [0.15, 0.2) is 18.3 Å². The molecule has 2 bridgehead atoms. The van der Waals surface area contributed by atoms with Crippen molar-refractivity contribution in [2.75, 3.05) is 37.7 Å². The van der Waals surface area contributed by atoms with Gasteiger partial charge in [-0.1, -0.05) is 0 Å². The summed E-state index contributed by atoms with van der Waals surface area (Å²) in [6.07, 6.45) is 4.76. The third-order valence-corrected chi connectivity index (χ3v) is 6.85. The highest BCUT2D eigenvalue weighted by atomic mass is 16.5. The van der Waals surface area contributed by atoms with E-state index in [0.717, 1.165) is 51.1 Å². The van der Waals surface area contributed by atoms with Gasteiger partial charge in [0.05, 0.1) is 24.4 Å². The molecule has 4 rings (SSSR count). The molecule has 1 aromatic heterocycles. The maximum absolute atomic E-state index is 11.7. The van der Waals surface area contributed by atoms with Crippen LogP contribution in [0.1, 0.15) is 40.0 Å². The number of carboxylic acids is 1. The Hall–Kier alpha value is -1.86. The smallest absolute Gasteiger partial charge is 0.308 e. The first kappa shape index (κ1) is 20.4. The van der Waals surface area contributed by atoms with E-state index in [2.05, 4.69) is 46.9 Å². The Morgan fingerprint density at radius 3 is 2.62 bits per heavy atom. The molecule has 4 heterocycles. The summed E-state index contributed by atoms with van der Waals surface area (Å²) in [4.78, 5) is 21.1. The van der Waals surface area contributed by atoms with E-state index < -0.39 is 5.97 Å². The molecule has 4 atom stereocenters. The zero-order valence-corrected chi connectivity index (χ0v) is 17.8. The van der Waals surface area contributed by atoms with Crippen molar-refractivity contribution >= 4 is 11.7 Å². The number of rotatable bonds is 5. The third-order valence-electron chi connectivity index (χ3n) is 6.85. The van der Waals surface area contributed by atoms with Gasteiger partial charge in [0, 0.05) is 55.8 Å². The van der Waals surface area contributed by atoms with E-state index in [0.29, 0.717) is 18.5 Å². The summed E-state index contributed by atoms with van der Waals surface area (Å²) in [5, 5.41) is 13.1. The average Bonchev–Trinajstić information content (AvgIpc) is 3.06. The minimum absolute atomic E-state index is 0.0400. The zero-order valence-electron chi connectivity index (χ0n) is 17.8. The first-order chi connectivity index (χ1) is 13.8. The van der Waals surface area contributed by atoms with Crippen molar-refractivity contribution in [3.8, 4) is 5.88 Å². The van der Waals surface area contributed by atoms with E-state index in [1.165, 1.54) is 0 Å². The summed E-state index contributed by atoms with van der Waals surface area (Å²) in [7, 11) is 0. The van der Waals surface area contributed by atoms with E-state index in [-0.39, 0.29) is 23.4 Å². The van der Waals surface area contributed by atoms with Crippen molar-refractivity contribution in [1.29, 1.82) is 0 Å². The average molecular weight is 403 g/mol. The van der Waals surface area contributed by atoms with Crippen LogP contribution in [0, 0.1) is 11.8 Å². The second-order valence-electron chi connectivity index (χ2n) is 9.72. The number of anilines is 1. The van der Waals surface area contributed by atoms with Gasteiger partial charge >= 0.3 is 5.97 Å². The molecule has 0 radical (unpaired) electrons. The van der Waals surface area contributed by atoms with Crippen LogP contribution in [0.25, 0.3) is 0 Å². The van der Waals surface area contributed by atoms with Crippen LogP contribution in [0.4, 0.5) is 5.69 Å². The molecule has 160 valence electrons. The van der Waals surface area contributed by atoms with Crippen LogP contribution in [-0.2, 0) is 4.79 Å². The number of ether oxygens (including phenoxy) is 1. The molecular formula is C22H34N4O3. The molecule has 7 nitrogen and oxygen atoms in total. The number of hydrogen-bond donors (Lipinski definition) is 2. The van der Waals surface area contributed by atoms with Gasteiger partial charge in [-0.15, -0.1) is 0 Å². The van der Waals surface area contributed by atoms with Crippen molar-refractivity contribution in [2.24, 2.45) is 11.8 Å². The van der Waals surface area contributed by atoms with Gasteiger partial charge in [-0.3, -0.25) is 9.69 Å². The van der Waals surface area contributed by atoms with Gasteiger partial charge in [-0.2, -0.15) is 0 Å². The molecule has 0 aliphatic carbocycles. The maximum Gasteiger partial charge on any atom is 0.308 e. The highest BCUT2D eigenvalue weighted by molar-refractivity contribution is 5.71. The summed E-state index contributed by atoms with van der Waals surface area (Å²) >= 11 is 0. The molecule has 0 amide bonds. The van der Waals surface area contributed by atoms with Crippen molar-refractivity contribution in [2.45, 2.75) is 57.7 Å². The Balaban J connectivity index is 1.31. The normalized spacial score (nSPS) is 30.4. The summed E-state index contributed by atoms with van der Waals surface area (Å²) in [5.41, 5.74) is 1.33. The molecule has 3 fully saturated rings. The Morgan fingerprint density at radius 1 is 1.24 bits per heavy atom. The monoisotopic (exact) mass is 402 g/mol. The summed E-state index contributed by atoms with van der Waals surface area (Å²) in [5.74, 6) is -0.461. The Bertz CT molecular complexity index is 710. The van der Waals surface area contributed by atoms with E-state index in [4.69, 9.17) is 4.74 Å². The number of nitrogens with zero attached hydrogens (tertiary/aromatic N) is 3. The molecule has 29 heavy (non-hydrogen) atoms. The van der Waals surface area contributed by atoms with Crippen LogP contribution < -0.4 is 15.0 Å². The number of nitrogens with one attached hydrogen (secondary N) is 1. The molecule has 0 spiro atoms. The van der Waals surface area contributed by atoms with Crippen LogP contribution in [0.5, 0.6) is 5.88 Å². The second kappa shape index (κ2) is 8.11. The van der Waals surface area contributed by atoms with Gasteiger partial charge in [0.1, 0.15) is 0 Å².